The number of nitrogens with one attached hydrogen (secondary N) is 1. The van der Waals surface area contributed by atoms with Gasteiger partial charge in [0, 0.05) is 36.6 Å². The first-order valence-corrected chi connectivity index (χ1v) is 6.41. The number of aryl methyl sites for hydroxylation is 3. The van der Waals surface area contributed by atoms with Crippen molar-refractivity contribution in [1.29, 1.82) is 0 Å². The van der Waals surface area contributed by atoms with Crippen molar-refractivity contribution in [2.45, 2.75) is 33.9 Å². The molecule has 0 unspecified atom stereocenters. The molecule has 0 aliphatic rings. The quantitative estimate of drug-likeness (QED) is 0.849. The van der Waals surface area contributed by atoms with Crippen LogP contribution in [0.15, 0.2) is 6.07 Å². The Morgan fingerprint density at radius 1 is 1.26 bits per heavy atom. The molecule has 2 heterocycles. The third-order valence-corrected chi connectivity index (χ3v) is 3.40. The van der Waals surface area contributed by atoms with Crippen LogP contribution in [0.4, 0.5) is 5.82 Å². The first kappa shape index (κ1) is 13.6. The van der Waals surface area contributed by atoms with Gasteiger partial charge in [-0.25, -0.2) is 0 Å². The number of hydrogen-bond donors (Lipinski definition) is 2. The van der Waals surface area contributed by atoms with Crippen molar-refractivity contribution in [3.05, 3.63) is 28.7 Å². The minimum absolute atomic E-state index is 0.105. The van der Waals surface area contributed by atoms with Gasteiger partial charge in [-0.3, -0.25) is 9.36 Å². The van der Waals surface area contributed by atoms with Gasteiger partial charge in [-0.1, -0.05) is 0 Å². The van der Waals surface area contributed by atoms with Crippen molar-refractivity contribution >= 4 is 5.82 Å². The zero-order valence-corrected chi connectivity index (χ0v) is 11.9. The lowest BCUT2D eigenvalue weighted by Gasteiger charge is -2.05. The van der Waals surface area contributed by atoms with Crippen molar-refractivity contribution in [2.75, 3.05) is 11.9 Å². The average Bonchev–Trinajstić information content (AvgIpc) is 2.80. The molecule has 0 radical (unpaired) electrons. The Bertz CT molecular complexity index is 550. The lowest BCUT2D eigenvalue weighted by Crippen LogP contribution is -2.07. The molecule has 0 aliphatic carbocycles. The largest absolute Gasteiger partial charge is 0.394 e. The van der Waals surface area contributed by atoms with Gasteiger partial charge in [0.1, 0.15) is 5.82 Å². The number of aliphatic hydroxyl groups excluding tert-OH is 1. The van der Waals surface area contributed by atoms with E-state index in [0.717, 1.165) is 28.5 Å². The number of hydrogen-bond acceptors (Lipinski definition) is 4. The molecule has 19 heavy (non-hydrogen) atoms. The Hall–Kier alpha value is -1.82. The van der Waals surface area contributed by atoms with Crippen LogP contribution in [0.3, 0.4) is 0 Å². The summed E-state index contributed by atoms with van der Waals surface area (Å²) in [5.74, 6) is 0.869. The summed E-state index contributed by atoms with van der Waals surface area (Å²) in [4.78, 5) is 0. The van der Waals surface area contributed by atoms with Crippen LogP contribution in [-0.4, -0.2) is 31.3 Å². The van der Waals surface area contributed by atoms with Crippen LogP contribution < -0.4 is 5.32 Å². The Labute approximate surface area is 113 Å². The van der Waals surface area contributed by atoms with E-state index in [4.69, 9.17) is 5.11 Å². The molecular weight excluding hydrogens is 242 g/mol. The molecule has 0 fully saturated rings. The summed E-state index contributed by atoms with van der Waals surface area (Å²) in [6, 6.07) is 2.02. The maximum atomic E-state index is 9.00. The normalized spacial score (nSPS) is 11.0. The molecule has 2 aromatic heterocycles. The number of aliphatic hydroxyl groups is 1. The van der Waals surface area contributed by atoms with Gasteiger partial charge in [0.2, 0.25) is 0 Å². The highest BCUT2D eigenvalue weighted by molar-refractivity contribution is 5.38. The smallest absolute Gasteiger partial charge is 0.148 e. The third-order valence-electron chi connectivity index (χ3n) is 3.40. The Morgan fingerprint density at radius 3 is 2.58 bits per heavy atom. The average molecular weight is 263 g/mol. The standard InChI is InChI=1S/C13H21N5O/c1-9-7-13(16-17(9)4)14-8-12-10(2)15-18(5-6-19)11(12)3/h7,19H,5-6,8H2,1-4H3,(H,14,16). The minimum Gasteiger partial charge on any atom is -0.394 e. The summed E-state index contributed by atoms with van der Waals surface area (Å²) in [6.45, 7) is 7.37. The predicted octanol–water partition coefficient (Wildman–Crippen LogP) is 1.15. The van der Waals surface area contributed by atoms with Gasteiger partial charge in [-0.05, 0) is 20.8 Å². The lowest BCUT2D eigenvalue weighted by molar-refractivity contribution is 0.268. The molecule has 0 aromatic carbocycles. The van der Waals surface area contributed by atoms with E-state index in [-0.39, 0.29) is 6.61 Å². The fourth-order valence-corrected chi connectivity index (χ4v) is 2.13. The molecule has 0 atom stereocenters. The minimum atomic E-state index is 0.105. The fourth-order valence-electron chi connectivity index (χ4n) is 2.13. The van der Waals surface area contributed by atoms with E-state index in [1.165, 1.54) is 0 Å². The summed E-state index contributed by atoms with van der Waals surface area (Å²) < 4.78 is 3.69. The van der Waals surface area contributed by atoms with Crippen molar-refractivity contribution in [3.8, 4) is 0 Å². The van der Waals surface area contributed by atoms with Gasteiger partial charge in [-0.2, -0.15) is 10.2 Å². The number of rotatable bonds is 5. The van der Waals surface area contributed by atoms with E-state index in [0.29, 0.717) is 13.1 Å². The summed E-state index contributed by atoms with van der Waals surface area (Å²) >= 11 is 0. The zero-order chi connectivity index (χ0) is 14.0. The molecule has 2 N–H and O–H groups in total. The Balaban J connectivity index is 2.11. The molecular formula is C13H21N5O. The molecule has 0 saturated heterocycles. The van der Waals surface area contributed by atoms with Gasteiger partial charge >= 0.3 is 0 Å². The molecule has 2 aromatic rings. The second-order valence-corrected chi connectivity index (χ2v) is 4.74. The molecule has 104 valence electrons. The van der Waals surface area contributed by atoms with Crippen molar-refractivity contribution in [1.82, 2.24) is 19.6 Å². The predicted molar refractivity (Wildman–Crippen MR) is 74.1 cm³/mol. The molecule has 0 saturated carbocycles. The molecule has 6 nitrogen and oxygen atoms in total. The van der Waals surface area contributed by atoms with E-state index < -0.39 is 0 Å². The van der Waals surface area contributed by atoms with Gasteiger partial charge in [0.05, 0.1) is 18.8 Å². The number of aromatic nitrogens is 4. The van der Waals surface area contributed by atoms with E-state index in [2.05, 4.69) is 15.5 Å². The van der Waals surface area contributed by atoms with E-state index in [9.17, 15) is 0 Å². The van der Waals surface area contributed by atoms with Crippen LogP contribution in [0.25, 0.3) is 0 Å². The lowest BCUT2D eigenvalue weighted by atomic mass is 10.2. The van der Waals surface area contributed by atoms with Crippen LogP contribution in [0, 0.1) is 20.8 Å². The molecule has 0 spiro atoms. The fraction of sp³-hybridized carbons (Fsp3) is 0.538. The summed E-state index contributed by atoms with van der Waals surface area (Å²) in [6.07, 6.45) is 0. The Morgan fingerprint density at radius 2 is 2.00 bits per heavy atom. The van der Waals surface area contributed by atoms with E-state index in [1.54, 1.807) is 0 Å². The molecule has 0 aliphatic heterocycles. The summed E-state index contributed by atoms with van der Waals surface area (Å²) in [5, 5.41) is 21.1. The monoisotopic (exact) mass is 263 g/mol. The van der Waals surface area contributed by atoms with E-state index in [1.807, 2.05) is 43.2 Å². The maximum absolute atomic E-state index is 9.00. The molecule has 6 heteroatoms. The first-order valence-electron chi connectivity index (χ1n) is 6.41. The molecule has 2 rings (SSSR count). The summed E-state index contributed by atoms with van der Waals surface area (Å²) in [7, 11) is 1.93. The third kappa shape index (κ3) is 2.78. The second-order valence-electron chi connectivity index (χ2n) is 4.74. The topological polar surface area (TPSA) is 67.9 Å². The SMILES string of the molecule is Cc1nn(CCO)c(C)c1CNc1cc(C)n(C)n1. The number of anilines is 1. The van der Waals surface area contributed by atoms with Gasteiger partial charge < -0.3 is 10.4 Å². The van der Waals surface area contributed by atoms with Gasteiger partial charge in [-0.15, -0.1) is 0 Å². The highest BCUT2D eigenvalue weighted by atomic mass is 16.3. The highest BCUT2D eigenvalue weighted by Crippen LogP contribution is 2.15. The van der Waals surface area contributed by atoms with Gasteiger partial charge in [0.25, 0.3) is 0 Å². The van der Waals surface area contributed by atoms with Crippen LogP contribution in [-0.2, 0) is 20.1 Å². The molecule has 0 bridgehead atoms. The van der Waals surface area contributed by atoms with Crippen molar-refractivity contribution in [2.24, 2.45) is 7.05 Å². The maximum Gasteiger partial charge on any atom is 0.148 e. The molecule has 0 amide bonds. The van der Waals surface area contributed by atoms with Gasteiger partial charge in [0.15, 0.2) is 0 Å². The second kappa shape index (κ2) is 5.44. The van der Waals surface area contributed by atoms with Crippen LogP contribution >= 0.6 is 0 Å². The number of nitrogens with zero attached hydrogens (tertiary/aromatic N) is 4. The van der Waals surface area contributed by atoms with Crippen LogP contribution in [0.1, 0.15) is 22.6 Å². The summed E-state index contributed by atoms with van der Waals surface area (Å²) in [5.41, 5.74) is 4.36. The van der Waals surface area contributed by atoms with Crippen LogP contribution in [0.2, 0.25) is 0 Å². The Kier molecular flexibility index (Phi) is 3.90. The van der Waals surface area contributed by atoms with E-state index >= 15 is 0 Å². The van der Waals surface area contributed by atoms with Crippen molar-refractivity contribution in [3.63, 3.8) is 0 Å². The first-order chi connectivity index (χ1) is 9.02. The highest BCUT2D eigenvalue weighted by Gasteiger charge is 2.11. The zero-order valence-electron chi connectivity index (χ0n) is 11.9. The van der Waals surface area contributed by atoms with Crippen molar-refractivity contribution < 1.29 is 5.11 Å². The van der Waals surface area contributed by atoms with Crippen LogP contribution in [0.5, 0.6) is 0 Å².